The SMILES string of the molecule is CCC(C)(C=O)CC1CC=CCC1. The second-order valence-corrected chi connectivity index (χ2v) is 4.48. The van der Waals surface area contributed by atoms with Crippen molar-refractivity contribution < 1.29 is 4.79 Å². The molecule has 0 spiro atoms. The van der Waals surface area contributed by atoms with Crippen LogP contribution in [0, 0.1) is 11.3 Å². The van der Waals surface area contributed by atoms with Gasteiger partial charge in [0.05, 0.1) is 0 Å². The molecule has 74 valence electrons. The maximum atomic E-state index is 10.9. The Bertz CT molecular complexity index is 195. The van der Waals surface area contributed by atoms with Gasteiger partial charge < -0.3 is 4.79 Å². The van der Waals surface area contributed by atoms with Crippen molar-refractivity contribution >= 4 is 6.29 Å². The van der Waals surface area contributed by atoms with Gasteiger partial charge in [0.25, 0.3) is 0 Å². The number of carbonyl (C=O) groups excluding carboxylic acids is 1. The van der Waals surface area contributed by atoms with Crippen LogP contribution in [-0.2, 0) is 4.79 Å². The molecule has 2 atom stereocenters. The van der Waals surface area contributed by atoms with E-state index >= 15 is 0 Å². The highest BCUT2D eigenvalue weighted by Crippen LogP contribution is 2.33. The third kappa shape index (κ3) is 2.98. The summed E-state index contributed by atoms with van der Waals surface area (Å²) >= 11 is 0. The number of hydrogen-bond donors (Lipinski definition) is 0. The second kappa shape index (κ2) is 4.59. The standard InChI is InChI=1S/C12H20O/c1-3-12(2,10-13)9-11-7-5-4-6-8-11/h4-5,10-11H,3,6-9H2,1-2H3. The lowest BCUT2D eigenvalue weighted by Gasteiger charge is -2.27. The van der Waals surface area contributed by atoms with Crippen molar-refractivity contribution in [3.8, 4) is 0 Å². The normalized spacial score (nSPS) is 26.8. The summed E-state index contributed by atoms with van der Waals surface area (Å²) in [5.74, 6) is 0.736. The lowest BCUT2D eigenvalue weighted by molar-refractivity contribution is -0.116. The molecule has 0 bridgehead atoms. The lowest BCUT2D eigenvalue weighted by atomic mass is 9.76. The van der Waals surface area contributed by atoms with Gasteiger partial charge in [-0.15, -0.1) is 0 Å². The van der Waals surface area contributed by atoms with Gasteiger partial charge in [-0.2, -0.15) is 0 Å². The highest BCUT2D eigenvalue weighted by Gasteiger charge is 2.25. The Balaban J connectivity index is 2.46. The Morgan fingerprint density at radius 3 is 2.77 bits per heavy atom. The summed E-state index contributed by atoms with van der Waals surface area (Å²) in [4.78, 5) is 10.9. The molecule has 0 N–H and O–H groups in total. The van der Waals surface area contributed by atoms with Crippen LogP contribution >= 0.6 is 0 Å². The quantitative estimate of drug-likeness (QED) is 0.479. The summed E-state index contributed by atoms with van der Waals surface area (Å²) in [5, 5.41) is 0. The molecule has 0 aromatic rings. The number of allylic oxidation sites excluding steroid dienone is 2. The monoisotopic (exact) mass is 180 g/mol. The van der Waals surface area contributed by atoms with Crippen LogP contribution in [0.3, 0.4) is 0 Å². The molecule has 0 saturated carbocycles. The van der Waals surface area contributed by atoms with Crippen LogP contribution < -0.4 is 0 Å². The van der Waals surface area contributed by atoms with Crippen molar-refractivity contribution in [1.82, 2.24) is 0 Å². The Labute approximate surface area is 81.2 Å². The van der Waals surface area contributed by atoms with Crippen LogP contribution in [0.2, 0.25) is 0 Å². The molecule has 13 heavy (non-hydrogen) atoms. The van der Waals surface area contributed by atoms with Gasteiger partial charge in [0, 0.05) is 5.41 Å². The van der Waals surface area contributed by atoms with Crippen LogP contribution in [-0.4, -0.2) is 6.29 Å². The molecule has 0 amide bonds. The van der Waals surface area contributed by atoms with Crippen molar-refractivity contribution in [2.45, 2.75) is 46.0 Å². The zero-order chi connectivity index (χ0) is 9.73. The molecule has 1 aliphatic carbocycles. The van der Waals surface area contributed by atoms with E-state index in [1.165, 1.54) is 19.3 Å². The van der Waals surface area contributed by atoms with Crippen LogP contribution in [0.15, 0.2) is 12.2 Å². The molecule has 0 fully saturated rings. The van der Waals surface area contributed by atoms with E-state index in [1.54, 1.807) is 0 Å². The minimum Gasteiger partial charge on any atom is -0.303 e. The first-order valence-corrected chi connectivity index (χ1v) is 5.31. The van der Waals surface area contributed by atoms with Crippen molar-refractivity contribution in [3.63, 3.8) is 0 Å². The minimum absolute atomic E-state index is 0.0736. The smallest absolute Gasteiger partial charge is 0.125 e. The predicted octanol–water partition coefficient (Wildman–Crippen LogP) is 3.35. The molecule has 0 aromatic carbocycles. The number of carbonyl (C=O) groups is 1. The van der Waals surface area contributed by atoms with E-state index in [2.05, 4.69) is 26.0 Å². The first-order valence-electron chi connectivity index (χ1n) is 5.31. The van der Waals surface area contributed by atoms with Crippen LogP contribution in [0.4, 0.5) is 0 Å². The van der Waals surface area contributed by atoms with Crippen LogP contribution in [0.5, 0.6) is 0 Å². The zero-order valence-electron chi connectivity index (χ0n) is 8.75. The van der Waals surface area contributed by atoms with Gasteiger partial charge in [0.1, 0.15) is 6.29 Å². The molecular formula is C12H20O. The molecule has 0 aromatic heterocycles. The summed E-state index contributed by atoms with van der Waals surface area (Å²) in [7, 11) is 0. The molecular weight excluding hydrogens is 160 g/mol. The maximum absolute atomic E-state index is 10.9. The van der Waals surface area contributed by atoms with E-state index in [0.717, 1.165) is 25.0 Å². The Hall–Kier alpha value is -0.590. The highest BCUT2D eigenvalue weighted by atomic mass is 16.1. The van der Waals surface area contributed by atoms with Gasteiger partial charge >= 0.3 is 0 Å². The Morgan fingerprint density at radius 1 is 1.54 bits per heavy atom. The average Bonchev–Trinajstić information content (AvgIpc) is 2.19. The summed E-state index contributed by atoms with van der Waals surface area (Å²) in [6, 6.07) is 0. The molecule has 1 heteroatoms. The van der Waals surface area contributed by atoms with Crippen LogP contribution in [0.25, 0.3) is 0 Å². The molecule has 1 nitrogen and oxygen atoms in total. The summed E-state index contributed by atoms with van der Waals surface area (Å²) in [6.45, 7) is 4.19. The van der Waals surface area contributed by atoms with Gasteiger partial charge in [-0.05, 0) is 38.0 Å². The van der Waals surface area contributed by atoms with Crippen molar-refractivity contribution in [2.24, 2.45) is 11.3 Å². The topological polar surface area (TPSA) is 17.1 Å². The van der Waals surface area contributed by atoms with E-state index < -0.39 is 0 Å². The fraction of sp³-hybridized carbons (Fsp3) is 0.750. The first-order chi connectivity index (χ1) is 6.20. The molecule has 1 aliphatic rings. The number of hydrogen-bond acceptors (Lipinski definition) is 1. The number of rotatable bonds is 4. The second-order valence-electron chi connectivity index (χ2n) is 4.48. The fourth-order valence-electron chi connectivity index (χ4n) is 1.98. The highest BCUT2D eigenvalue weighted by molar-refractivity contribution is 5.58. The van der Waals surface area contributed by atoms with Gasteiger partial charge in [0.15, 0.2) is 0 Å². The molecule has 0 saturated heterocycles. The van der Waals surface area contributed by atoms with E-state index in [1.807, 2.05) is 0 Å². The van der Waals surface area contributed by atoms with E-state index in [0.29, 0.717) is 0 Å². The summed E-state index contributed by atoms with van der Waals surface area (Å²) in [5.41, 5.74) is -0.0736. The van der Waals surface area contributed by atoms with Gasteiger partial charge in [-0.25, -0.2) is 0 Å². The lowest BCUT2D eigenvalue weighted by Crippen LogP contribution is -2.22. The maximum Gasteiger partial charge on any atom is 0.125 e. The summed E-state index contributed by atoms with van der Waals surface area (Å²) < 4.78 is 0. The molecule has 1 rings (SSSR count). The van der Waals surface area contributed by atoms with Crippen molar-refractivity contribution in [2.75, 3.05) is 0 Å². The summed E-state index contributed by atoms with van der Waals surface area (Å²) in [6.07, 6.45) is 11.3. The zero-order valence-corrected chi connectivity index (χ0v) is 8.75. The molecule has 2 unspecified atom stereocenters. The van der Waals surface area contributed by atoms with Crippen LogP contribution in [0.1, 0.15) is 46.0 Å². The average molecular weight is 180 g/mol. The largest absolute Gasteiger partial charge is 0.303 e. The van der Waals surface area contributed by atoms with E-state index in [-0.39, 0.29) is 5.41 Å². The minimum atomic E-state index is -0.0736. The van der Waals surface area contributed by atoms with Gasteiger partial charge in [-0.1, -0.05) is 26.0 Å². The Morgan fingerprint density at radius 2 is 2.31 bits per heavy atom. The van der Waals surface area contributed by atoms with Gasteiger partial charge in [0.2, 0.25) is 0 Å². The fourth-order valence-corrected chi connectivity index (χ4v) is 1.98. The third-order valence-corrected chi connectivity index (χ3v) is 3.22. The number of aldehydes is 1. The third-order valence-electron chi connectivity index (χ3n) is 3.22. The first kappa shape index (κ1) is 10.5. The predicted molar refractivity (Wildman–Crippen MR) is 55.6 cm³/mol. The van der Waals surface area contributed by atoms with E-state index in [4.69, 9.17) is 0 Å². The van der Waals surface area contributed by atoms with Crippen molar-refractivity contribution in [3.05, 3.63) is 12.2 Å². The molecule has 0 aliphatic heterocycles. The molecule has 0 radical (unpaired) electrons. The van der Waals surface area contributed by atoms with Crippen molar-refractivity contribution in [1.29, 1.82) is 0 Å². The molecule has 0 heterocycles. The Kier molecular flexibility index (Phi) is 3.71. The van der Waals surface area contributed by atoms with E-state index in [9.17, 15) is 4.79 Å². The van der Waals surface area contributed by atoms with Gasteiger partial charge in [-0.3, -0.25) is 0 Å².